The standard InChI is InChI=1S/C16H32N2O2/c1-15(2,3)11-14(19)17-13-7-8-18(12-13)9-10-20-16(4,5)6/h13H,7-12H2,1-6H3,(H,17,19). The highest BCUT2D eigenvalue weighted by atomic mass is 16.5. The molecule has 0 saturated carbocycles. The van der Waals surface area contributed by atoms with Crippen LogP contribution in [0.3, 0.4) is 0 Å². The number of ether oxygens (including phenoxy) is 1. The van der Waals surface area contributed by atoms with Crippen LogP contribution in [-0.2, 0) is 9.53 Å². The van der Waals surface area contributed by atoms with E-state index in [0.717, 1.165) is 32.7 Å². The number of amides is 1. The fourth-order valence-corrected chi connectivity index (χ4v) is 2.39. The van der Waals surface area contributed by atoms with Gasteiger partial charge in [0.25, 0.3) is 0 Å². The zero-order chi connectivity index (χ0) is 15.4. The molecule has 0 aliphatic carbocycles. The first-order chi connectivity index (χ1) is 9.05. The number of likely N-dealkylation sites (tertiary alicyclic amines) is 1. The monoisotopic (exact) mass is 284 g/mol. The normalized spacial score (nSPS) is 21.2. The molecule has 4 nitrogen and oxygen atoms in total. The lowest BCUT2D eigenvalue weighted by Crippen LogP contribution is -2.39. The molecule has 1 rings (SSSR count). The quantitative estimate of drug-likeness (QED) is 0.843. The highest BCUT2D eigenvalue weighted by Crippen LogP contribution is 2.18. The molecule has 0 radical (unpaired) electrons. The number of hydrogen-bond donors (Lipinski definition) is 1. The molecule has 118 valence electrons. The molecule has 1 saturated heterocycles. The van der Waals surface area contributed by atoms with Crippen LogP contribution in [0.25, 0.3) is 0 Å². The molecule has 4 heteroatoms. The molecule has 1 fully saturated rings. The first-order valence-corrected chi connectivity index (χ1v) is 7.71. The van der Waals surface area contributed by atoms with Crippen molar-refractivity contribution >= 4 is 5.91 Å². The summed E-state index contributed by atoms with van der Waals surface area (Å²) in [5.41, 5.74) is -0.0109. The Morgan fingerprint density at radius 3 is 2.45 bits per heavy atom. The van der Waals surface area contributed by atoms with E-state index in [1.54, 1.807) is 0 Å². The second-order valence-corrected chi connectivity index (χ2v) is 8.05. The Bertz CT molecular complexity index is 315. The van der Waals surface area contributed by atoms with Crippen LogP contribution < -0.4 is 5.32 Å². The topological polar surface area (TPSA) is 41.6 Å². The SMILES string of the molecule is CC(C)(C)CC(=O)NC1CCN(CCOC(C)(C)C)C1. The summed E-state index contributed by atoms with van der Waals surface area (Å²) in [4.78, 5) is 14.3. The van der Waals surface area contributed by atoms with Crippen molar-refractivity contribution < 1.29 is 9.53 Å². The Morgan fingerprint density at radius 1 is 1.25 bits per heavy atom. The van der Waals surface area contributed by atoms with Crippen LogP contribution in [0.1, 0.15) is 54.4 Å². The molecule has 0 spiro atoms. The number of carbonyl (C=O) groups is 1. The van der Waals surface area contributed by atoms with Gasteiger partial charge in [-0.2, -0.15) is 0 Å². The van der Waals surface area contributed by atoms with Gasteiger partial charge in [0.15, 0.2) is 0 Å². The zero-order valence-electron chi connectivity index (χ0n) is 14.1. The number of nitrogens with zero attached hydrogens (tertiary/aromatic N) is 1. The second kappa shape index (κ2) is 6.90. The highest BCUT2D eigenvalue weighted by Gasteiger charge is 2.25. The van der Waals surface area contributed by atoms with Gasteiger partial charge < -0.3 is 10.1 Å². The van der Waals surface area contributed by atoms with Crippen LogP contribution in [0.5, 0.6) is 0 Å². The lowest BCUT2D eigenvalue weighted by Gasteiger charge is -2.23. The van der Waals surface area contributed by atoms with E-state index in [0.29, 0.717) is 12.5 Å². The van der Waals surface area contributed by atoms with Crippen molar-refractivity contribution in [3.8, 4) is 0 Å². The summed E-state index contributed by atoms with van der Waals surface area (Å²) in [5.74, 6) is 0.176. The third kappa shape index (κ3) is 7.85. The molecule has 1 N–H and O–H groups in total. The van der Waals surface area contributed by atoms with Crippen molar-refractivity contribution in [1.82, 2.24) is 10.2 Å². The molecule has 1 aliphatic rings. The predicted molar refractivity (Wildman–Crippen MR) is 82.8 cm³/mol. The van der Waals surface area contributed by atoms with Gasteiger partial charge in [0.2, 0.25) is 5.91 Å². The number of carbonyl (C=O) groups excluding carboxylic acids is 1. The van der Waals surface area contributed by atoms with E-state index in [-0.39, 0.29) is 16.9 Å². The molecule has 1 heterocycles. The fourth-order valence-electron chi connectivity index (χ4n) is 2.39. The largest absolute Gasteiger partial charge is 0.375 e. The van der Waals surface area contributed by atoms with Gasteiger partial charge in [0.1, 0.15) is 0 Å². The van der Waals surface area contributed by atoms with E-state index in [4.69, 9.17) is 4.74 Å². The molecule has 1 aliphatic heterocycles. The molecular weight excluding hydrogens is 252 g/mol. The third-order valence-corrected chi connectivity index (χ3v) is 3.27. The molecular formula is C16H32N2O2. The van der Waals surface area contributed by atoms with Crippen LogP contribution in [0.2, 0.25) is 0 Å². The van der Waals surface area contributed by atoms with Crippen LogP contribution in [-0.4, -0.2) is 48.7 Å². The average molecular weight is 284 g/mol. The molecule has 0 aromatic rings. The summed E-state index contributed by atoms with van der Waals surface area (Å²) >= 11 is 0. The van der Waals surface area contributed by atoms with Gasteiger partial charge >= 0.3 is 0 Å². The van der Waals surface area contributed by atoms with Gasteiger partial charge in [-0.25, -0.2) is 0 Å². The van der Waals surface area contributed by atoms with E-state index in [1.165, 1.54) is 0 Å². The maximum atomic E-state index is 11.9. The lowest BCUT2D eigenvalue weighted by atomic mass is 9.92. The van der Waals surface area contributed by atoms with Crippen LogP contribution in [0.15, 0.2) is 0 Å². The van der Waals surface area contributed by atoms with Gasteiger partial charge in [0, 0.05) is 32.1 Å². The third-order valence-electron chi connectivity index (χ3n) is 3.27. The van der Waals surface area contributed by atoms with E-state index in [1.807, 2.05) is 0 Å². The van der Waals surface area contributed by atoms with Crippen LogP contribution >= 0.6 is 0 Å². The number of nitrogens with one attached hydrogen (secondary N) is 1. The van der Waals surface area contributed by atoms with E-state index in [9.17, 15) is 4.79 Å². The Morgan fingerprint density at radius 2 is 1.90 bits per heavy atom. The van der Waals surface area contributed by atoms with Gasteiger partial charge in [-0.05, 0) is 32.6 Å². The van der Waals surface area contributed by atoms with E-state index in [2.05, 4.69) is 51.8 Å². The van der Waals surface area contributed by atoms with Gasteiger partial charge in [0.05, 0.1) is 12.2 Å². The van der Waals surface area contributed by atoms with Crippen molar-refractivity contribution in [3.05, 3.63) is 0 Å². The maximum Gasteiger partial charge on any atom is 0.220 e. The van der Waals surface area contributed by atoms with Crippen molar-refractivity contribution in [2.24, 2.45) is 5.41 Å². The molecule has 1 atom stereocenters. The van der Waals surface area contributed by atoms with Gasteiger partial charge in [-0.3, -0.25) is 9.69 Å². The molecule has 0 aromatic heterocycles. The van der Waals surface area contributed by atoms with Crippen molar-refractivity contribution in [2.75, 3.05) is 26.2 Å². The number of hydrogen-bond acceptors (Lipinski definition) is 3. The van der Waals surface area contributed by atoms with E-state index < -0.39 is 0 Å². The summed E-state index contributed by atoms with van der Waals surface area (Å²) < 4.78 is 5.74. The molecule has 0 aromatic carbocycles. The summed E-state index contributed by atoms with van der Waals surface area (Å²) in [6.45, 7) is 16.2. The van der Waals surface area contributed by atoms with Crippen LogP contribution in [0.4, 0.5) is 0 Å². The lowest BCUT2D eigenvalue weighted by molar-refractivity contribution is -0.123. The smallest absolute Gasteiger partial charge is 0.220 e. The van der Waals surface area contributed by atoms with E-state index >= 15 is 0 Å². The predicted octanol–water partition coefficient (Wildman–Crippen LogP) is 2.43. The highest BCUT2D eigenvalue weighted by molar-refractivity contribution is 5.76. The van der Waals surface area contributed by atoms with Crippen LogP contribution in [0, 0.1) is 5.41 Å². The summed E-state index contributed by atoms with van der Waals surface area (Å²) in [7, 11) is 0. The average Bonchev–Trinajstić information content (AvgIpc) is 2.60. The van der Waals surface area contributed by atoms with Gasteiger partial charge in [-0.1, -0.05) is 20.8 Å². The summed E-state index contributed by atoms with van der Waals surface area (Å²) in [5, 5.41) is 3.15. The summed E-state index contributed by atoms with van der Waals surface area (Å²) in [6, 6.07) is 0.305. The Hall–Kier alpha value is -0.610. The first-order valence-electron chi connectivity index (χ1n) is 7.71. The fraction of sp³-hybridized carbons (Fsp3) is 0.938. The molecule has 20 heavy (non-hydrogen) atoms. The minimum absolute atomic E-state index is 0.0585. The van der Waals surface area contributed by atoms with Crippen molar-refractivity contribution in [1.29, 1.82) is 0 Å². The Kier molecular flexibility index (Phi) is 6.02. The van der Waals surface area contributed by atoms with Gasteiger partial charge in [-0.15, -0.1) is 0 Å². The maximum absolute atomic E-state index is 11.9. The zero-order valence-corrected chi connectivity index (χ0v) is 14.1. The summed E-state index contributed by atoms with van der Waals surface area (Å²) in [6.07, 6.45) is 1.64. The molecule has 1 unspecified atom stereocenters. The minimum Gasteiger partial charge on any atom is -0.375 e. The second-order valence-electron chi connectivity index (χ2n) is 8.05. The molecule has 1 amide bonds. The Balaban J connectivity index is 2.21. The molecule has 0 bridgehead atoms. The Labute approximate surface area is 124 Å². The number of rotatable bonds is 5. The minimum atomic E-state index is -0.0694. The first kappa shape index (κ1) is 17.4. The van der Waals surface area contributed by atoms with Crippen molar-refractivity contribution in [3.63, 3.8) is 0 Å². The van der Waals surface area contributed by atoms with Crippen molar-refractivity contribution in [2.45, 2.75) is 66.0 Å².